The zero-order valence-electron chi connectivity index (χ0n) is 8.76. The molecule has 1 heterocycles. The number of hydrogen-bond donors (Lipinski definition) is 0. The van der Waals surface area contributed by atoms with Gasteiger partial charge in [0.15, 0.2) is 0 Å². The summed E-state index contributed by atoms with van der Waals surface area (Å²) in [4.78, 5) is 2.46. The number of allylic oxidation sites excluding steroid dienone is 2. The van der Waals surface area contributed by atoms with Gasteiger partial charge < -0.3 is 4.90 Å². The molecule has 76 valence electrons. The smallest absolute Gasteiger partial charge is 0.0965 e. The lowest BCUT2D eigenvalue weighted by Gasteiger charge is -2.33. The zero-order valence-corrected chi connectivity index (χ0v) is 8.76. The zero-order chi connectivity index (χ0) is 9.80. The van der Waals surface area contributed by atoms with Gasteiger partial charge in [0.05, 0.1) is 6.07 Å². The fraction of sp³-hybridized carbons (Fsp3) is 0.750. The van der Waals surface area contributed by atoms with E-state index in [9.17, 15) is 0 Å². The Labute approximate surface area is 86.2 Å². The maximum absolute atomic E-state index is 9.06. The number of hydrogen-bond acceptors (Lipinski definition) is 2. The Morgan fingerprint density at radius 1 is 0.929 bits per heavy atom. The maximum atomic E-state index is 9.06. The summed E-state index contributed by atoms with van der Waals surface area (Å²) in [5.41, 5.74) is 2.44. The van der Waals surface area contributed by atoms with Crippen LogP contribution in [-0.4, -0.2) is 18.0 Å². The summed E-state index contributed by atoms with van der Waals surface area (Å²) in [5.74, 6) is 0. The molecule has 14 heavy (non-hydrogen) atoms. The predicted molar refractivity (Wildman–Crippen MR) is 56.5 cm³/mol. The third kappa shape index (κ3) is 1.92. The molecule has 0 amide bonds. The summed E-state index contributed by atoms with van der Waals surface area (Å²) < 4.78 is 0. The van der Waals surface area contributed by atoms with Crippen molar-refractivity contribution in [2.24, 2.45) is 0 Å². The van der Waals surface area contributed by atoms with Gasteiger partial charge in [0.1, 0.15) is 0 Å². The Morgan fingerprint density at radius 2 is 1.64 bits per heavy atom. The van der Waals surface area contributed by atoms with E-state index in [1.54, 1.807) is 0 Å². The summed E-state index contributed by atoms with van der Waals surface area (Å²) >= 11 is 0. The topological polar surface area (TPSA) is 27.0 Å². The van der Waals surface area contributed by atoms with Crippen LogP contribution in [0.4, 0.5) is 0 Å². The van der Waals surface area contributed by atoms with Gasteiger partial charge >= 0.3 is 0 Å². The highest BCUT2D eigenvalue weighted by atomic mass is 15.1. The second kappa shape index (κ2) is 4.50. The highest BCUT2D eigenvalue weighted by Crippen LogP contribution is 2.28. The second-order valence-electron chi connectivity index (χ2n) is 4.29. The van der Waals surface area contributed by atoms with Gasteiger partial charge in [-0.15, -0.1) is 0 Å². The molecule has 0 aromatic rings. The van der Waals surface area contributed by atoms with Crippen LogP contribution in [0.25, 0.3) is 0 Å². The number of likely N-dealkylation sites (tertiary alicyclic amines) is 1. The van der Waals surface area contributed by atoms with Crippen molar-refractivity contribution < 1.29 is 0 Å². The fourth-order valence-electron chi connectivity index (χ4n) is 2.52. The molecule has 0 atom stereocenters. The summed E-state index contributed by atoms with van der Waals surface area (Å²) in [7, 11) is 0. The largest absolute Gasteiger partial charge is 0.374 e. The number of rotatable bonds is 1. The average Bonchev–Trinajstić information content (AvgIpc) is 2.30. The third-order valence-corrected chi connectivity index (χ3v) is 3.31. The Morgan fingerprint density at radius 3 is 2.36 bits per heavy atom. The molecule has 0 N–H and O–H groups in total. The van der Waals surface area contributed by atoms with Gasteiger partial charge in [0.2, 0.25) is 0 Å². The monoisotopic (exact) mass is 190 g/mol. The lowest BCUT2D eigenvalue weighted by molar-refractivity contribution is 0.268. The van der Waals surface area contributed by atoms with Gasteiger partial charge in [-0.1, -0.05) is 0 Å². The normalized spacial score (nSPS) is 23.5. The molecule has 1 aliphatic heterocycles. The van der Waals surface area contributed by atoms with Gasteiger partial charge in [-0.2, -0.15) is 5.26 Å². The van der Waals surface area contributed by atoms with Crippen LogP contribution in [0, 0.1) is 11.3 Å². The SMILES string of the molecule is N#CC1=C(N2CCCCC2)CCCC1. The van der Waals surface area contributed by atoms with Crippen LogP contribution >= 0.6 is 0 Å². The van der Waals surface area contributed by atoms with Crippen LogP contribution in [0.1, 0.15) is 44.9 Å². The van der Waals surface area contributed by atoms with Gasteiger partial charge in [0, 0.05) is 24.4 Å². The first-order chi connectivity index (χ1) is 6.92. The van der Waals surface area contributed by atoms with E-state index in [2.05, 4.69) is 11.0 Å². The van der Waals surface area contributed by atoms with Crippen molar-refractivity contribution in [3.8, 4) is 6.07 Å². The molecule has 0 unspecified atom stereocenters. The molecular formula is C12H18N2. The first kappa shape index (κ1) is 9.58. The summed E-state index contributed by atoms with van der Waals surface area (Å²) in [5, 5.41) is 9.06. The Hall–Kier alpha value is -0.970. The maximum Gasteiger partial charge on any atom is 0.0965 e. The Balaban J connectivity index is 2.12. The number of piperidine rings is 1. The molecule has 0 spiro atoms. The molecule has 1 fully saturated rings. The molecule has 2 rings (SSSR count). The van der Waals surface area contributed by atoms with Crippen molar-refractivity contribution in [2.45, 2.75) is 44.9 Å². The van der Waals surface area contributed by atoms with Crippen LogP contribution in [0.15, 0.2) is 11.3 Å². The van der Waals surface area contributed by atoms with Crippen molar-refractivity contribution in [2.75, 3.05) is 13.1 Å². The molecule has 2 nitrogen and oxygen atoms in total. The van der Waals surface area contributed by atoms with Gasteiger partial charge in [-0.3, -0.25) is 0 Å². The molecule has 0 saturated carbocycles. The fourth-order valence-corrected chi connectivity index (χ4v) is 2.52. The van der Waals surface area contributed by atoms with Crippen molar-refractivity contribution in [3.05, 3.63) is 11.3 Å². The lowest BCUT2D eigenvalue weighted by atomic mass is 9.95. The third-order valence-electron chi connectivity index (χ3n) is 3.31. The first-order valence-corrected chi connectivity index (χ1v) is 5.79. The van der Waals surface area contributed by atoms with Crippen LogP contribution in [0.2, 0.25) is 0 Å². The van der Waals surface area contributed by atoms with Crippen LogP contribution in [0.5, 0.6) is 0 Å². The van der Waals surface area contributed by atoms with Crippen LogP contribution < -0.4 is 0 Å². The van der Waals surface area contributed by atoms with Gasteiger partial charge in [0.25, 0.3) is 0 Å². The van der Waals surface area contributed by atoms with E-state index >= 15 is 0 Å². The molecular weight excluding hydrogens is 172 g/mol. The lowest BCUT2D eigenvalue weighted by Crippen LogP contribution is -2.30. The second-order valence-corrected chi connectivity index (χ2v) is 4.29. The first-order valence-electron chi connectivity index (χ1n) is 5.79. The van der Waals surface area contributed by atoms with E-state index < -0.39 is 0 Å². The number of nitriles is 1. The highest BCUT2D eigenvalue weighted by Gasteiger charge is 2.19. The molecule has 1 aliphatic carbocycles. The highest BCUT2D eigenvalue weighted by molar-refractivity contribution is 5.29. The van der Waals surface area contributed by atoms with Crippen molar-refractivity contribution in [1.82, 2.24) is 4.90 Å². The summed E-state index contributed by atoms with van der Waals surface area (Å²) in [6, 6.07) is 2.39. The van der Waals surface area contributed by atoms with E-state index in [-0.39, 0.29) is 0 Å². The van der Waals surface area contributed by atoms with E-state index in [1.165, 1.54) is 50.9 Å². The van der Waals surface area contributed by atoms with Gasteiger partial charge in [-0.25, -0.2) is 0 Å². The van der Waals surface area contributed by atoms with E-state index in [1.807, 2.05) is 0 Å². The average molecular weight is 190 g/mol. The molecule has 0 bridgehead atoms. The predicted octanol–water partition coefficient (Wildman–Crippen LogP) is 2.82. The number of nitrogens with zero attached hydrogens (tertiary/aromatic N) is 2. The molecule has 2 heteroatoms. The van der Waals surface area contributed by atoms with Gasteiger partial charge in [-0.05, 0) is 44.9 Å². The molecule has 0 aromatic carbocycles. The van der Waals surface area contributed by atoms with Crippen molar-refractivity contribution >= 4 is 0 Å². The summed E-state index contributed by atoms with van der Waals surface area (Å²) in [6.07, 6.45) is 8.62. The quantitative estimate of drug-likeness (QED) is 0.635. The molecule has 1 saturated heterocycles. The van der Waals surface area contributed by atoms with Crippen LogP contribution in [0.3, 0.4) is 0 Å². The van der Waals surface area contributed by atoms with Crippen molar-refractivity contribution in [3.63, 3.8) is 0 Å². The van der Waals surface area contributed by atoms with E-state index in [0.717, 1.165) is 18.4 Å². The van der Waals surface area contributed by atoms with Crippen molar-refractivity contribution in [1.29, 1.82) is 5.26 Å². The molecule has 0 radical (unpaired) electrons. The van der Waals surface area contributed by atoms with E-state index in [0.29, 0.717) is 0 Å². The Kier molecular flexibility index (Phi) is 3.08. The minimum Gasteiger partial charge on any atom is -0.374 e. The standard InChI is InChI=1S/C12H18N2/c13-10-11-6-2-3-7-12(11)14-8-4-1-5-9-14/h1-9H2. The van der Waals surface area contributed by atoms with E-state index in [4.69, 9.17) is 5.26 Å². The molecule has 2 aliphatic rings. The summed E-state index contributed by atoms with van der Waals surface area (Å²) in [6.45, 7) is 2.36. The minimum atomic E-state index is 1.02. The Bertz CT molecular complexity index is 267. The molecule has 0 aromatic heterocycles. The van der Waals surface area contributed by atoms with Crippen LogP contribution in [-0.2, 0) is 0 Å². The minimum absolute atomic E-state index is 1.02.